The fourth-order valence-corrected chi connectivity index (χ4v) is 1.41. The Kier molecular flexibility index (Phi) is 4.08. The van der Waals surface area contributed by atoms with Crippen LogP contribution in [-0.2, 0) is 9.59 Å². The molecular formula is C10H18N2O3. The Morgan fingerprint density at radius 3 is 2.40 bits per heavy atom. The molecule has 0 aromatic rings. The van der Waals surface area contributed by atoms with E-state index in [0.29, 0.717) is 6.54 Å². The van der Waals surface area contributed by atoms with Gasteiger partial charge >= 0.3 is 0 Å². The van der Waals surface area contributed by atoms with E-state index in [4.69, 9.17) is 5.11 Å². The van der Waals surface area contributed by atoms with Crippen molar-refractivity contribution >= 4 is 11.8 Å². The molecule has 0 aromatic carbocycles. The van der Waals surface area contributed by atoms with Gasteiger partial charge in [0.2, 0.25) is 11.8 Å². The molecule has 5 heteroatoms. The standard InChI is InChI=1S/C10H18N2O3/c1-8(14)11(2)7-10(15)12(5-6-13)9-3-4-9/h9,13H,3-7H2,1-2H3. The first-order valence-corrected chi connectivity index (χ1v) is 5.18. The van der Waals surface area contributed by atoms with Gasteiger partial charge in [0, 0.05) is 26.6 Å². The number of amides is 2. The van der Waals surface area contributed by atoms with Crippen LogP contribution in [0.25, 0.3) is 0 Å². The molecule has 86 valence electrons. The summed E-state index contributed by atoms with van der Waals surface area (Å²) < 4.78 is 0. The lowest BCUT2D eigenvalue weighted by atomic mass is 10.4. The van der Waals surface area contributed by atoms with Crippen LogP contribution in [-0.4, -0.2) is 59.5 Å². The Morgan fingerprint density at radius 2 is 2.00 bits per heavy atom. The molecule has 15 heavy (non-hydrogen) atoms. The number of aliphatic hydroxyl groups is 1. The molecule has 0 unspecified atom stereocenters. The summed E-state index contributed by atoms with van der Waals surface area (Å²) in [6.07, 6.45) is 2.02. The normalized spacial score (nSPS) is 14.9. The molecule has 2 amide bonds. The predicted molar refractivity (Wildman–Crippen MR) is 55.1 cm³/mol. The molecule has 1 aliphatic carbocycles. The first-order valence-electron chi connectivity index (χ1n) is 5.18. The lowest BCUT2D eigenvalue weighted by Gasteiger charge is -2.24. The maximum atomic E-state index is 11.8. The predicted octanol–water partition coefficient (Wildman–Crippen LogP) is -0.552. The highest BCUT2D eigenvalue weighted by molar-refractivity contribution is 5.84. The number of hydrogen-bond acceptors (Lipinski definition) is 3. The lowest BCUT2D eigenvalue weighted by Crippen LogP contribution is -2.42. The lowest BCUT2D eigenvalue weighted by molar-refractivity contribution is -0.139. The summed E-state index contributed by atoms with van der Waals surface area (Å²) in [7, 11) is 1.60. The van der Waals surface area contributed by atoms with Crippen molar-refractivity contribution in [3.8, 4) is 0 Å². The second-order valence-corrected chi connectivity index (χ2v) is 3.92. The van der Waals surface area contributed by atoms with E-state index < -0.39 is 0 Å². The van der Waals surface area contributed by atoms with Crippen LogP contribution < -0.4 is 0 Å². The first kappa shape index (κ1) is 12.0. The topological polar surface area (TPSA) is 60.9 Å². The van der Waals surface area contributed by atoms with Crippen LogP contribution in [0.1, 0.15) is 19.8 Å². The Bertz CT molecular complexity index is 251. The molecule has 0 spiro atoms. The summed E-state index contributed by atoms with van der Waals surface area (Å²) in [5.41, 5.74) is 0. The third kappa shape index (κ3) is 3.51. The van der Waals surface area contributed by atoms with Crippen LogP contribution in [0.5, 0.6) is 0 Å². The van der Waals surface area contributed by atoms with Crippen molar-refractivity contribution in [1.29, 1.82) is 0 Å². The van der Waals surface area contributed by atoms with E-state index in [1.54, 1.807) is 11.9 Å². The number of carbonyl (C=O) groups is 2. The van der Waals surface area contributed by atoms with Crippen LogP contribution in [0.2, 0.25) is 0 Å². The van der Waals surface area contributed by atoms with Crippen LogP contribution in [0, 0.1) is 0 Å². The number of carbonyl (C=O) groups excluding carboxylic acids is 2. The van der Waals surface area contributed by atoms with Crippen LogP contribution >= 0.6 is 0 Å². The second-order valence-electron chi connectivity index (χ2n) is 3.92. The Morgan fingerprint density at radius 1 is 1.40 bits per heavy atom. The smallest absolute Gasteiger partial charge is 0.242 e. The molecule has 1 N–H and O–H groups in total. The van der Waals surface area contributed by atoms with Crippen molar-refractivity contribution in [2.75, 3.05) is 26.7 Å². The minimum Gasteiger partial charge on any atom is -0.395 e. The summed E-state index contributed by atoms with van der Waals surface area (Å²) in [6.45, 7) is 1.88. The van der Waals surface area contributed by atoms with Gasteiger partial charge in [0.25, 0.3) is 0 Å². The van der Waals surface area contributed by atoms with Gasteiger partial charge in [-0.1, -0.05) is 0 Å². The summed E-state index contributed by atoms with van der Waals surface area (Å²) in [5.74, 6) is -0.202. The number of hydrogen-bond donors (Lipinski definition) is 1. The van der Waals surface area contributed by atoms with Gasteiger partial charge in [-0.3, -0.25) is 9.59 Å². The van der Waals surface area contributed by atoms with Crippen molar-refractivity contribution in [3.05, 3.63) is 0 Å². The molecule has 0 atom stereocenters. The average Bonchev–Trinajstić information content (AvgIpc) is 2.97. The van der Waals surface area contributed by atoms with Crippen molar-refractivity contribution < 1.29 is 14.7 Å². The van der Waals surface area contributed by atoms with Gasteiger partial charge in [-0.15, -0.1) is 0 Å². The first-order chi connectivity index (χ1) is 7.06. The molecule has 1 saturated carbocycles. The quantitative estimate of drug-likeness (QED) is 0.668. The third-order valence-corrected chi connectivity index (χ3v) is 2.56. The Hall–Kier alpha value is -1.10. The van der Waals surface area contributed by atoms with Crippen LogP contribution in [0.4, 0.5) is 0 Å². The largest absolute Gasteiger partial charge is 0.395 e. The van der Waals surface area contributed by atoms with Gasteiger partial charge in [-0.2, -0.15) is 0 Å². The van der Waals surface area contributed by atoms with E-state index in [2.05, 4.69) is 0 Å². The fraction of sp³-hybridized carbons (Fsp3) is 0.800. The fourth-order valence-electron chi connectivity index (χ4n) is 1.41. The number of nitrogens with zero attached hydrogens (tertiary/aromatic N) is 2. The zero-order valence-electron chi connectivity index (χ0n) is 9.27. The van der Waals surface area contributed by atoms with Crippen molar-refractivity contribution in [2.45, 2.75) is 25.8 Å². The highest BCUT2D eigenvalue weighted by Crippen LogP contribution is 2.26. The highest BCUT2D eigenvalue weighted by atomic mass is 16.3. The van der Waals surface area contributed by atoms with Crippen LogP contribution in [0.3, 0.4) is 0 Å². The van der Waals surface area contributed by atoms with E-state index in [0.717, 1.165) is 12.8 Å². The average molecular weight is 214 g/mol. The monoisotopic (exact) mass is 214 g/mol. The van der Waals surface area contributed by atoms with Crippen molar-refractivity contribution in [2.24, 2.45) is 0 Å². The molecule has 5 nitrogen and oxygen atoms in total. The molecule has 0 bridgehead atoms. The summed E-state index contributed by atoms with van der Waals surface area (Å²) in [5, 5.41) is 8.83. The molecular weight excluding hydrogens is 196 g/mol. The maximum absolute atomic E-state index is 11.8. The SMILES string of the molecule is CC(=O)N(C)CC(=O)N(CCO)C1CC1. The number of likely N-dealkylation sites (N-methyl/N-ethyl adjacent to an activating group) is 1. The van der Waals surface area contributed by atoms with Gasteiger partial charge in [0.05, 0.1) is 13.2 Å². The van der Waals surface area contributed by atoms with Crippen molar-refractivity contribution in [1.82, 2.24) is 9.80 Å². The summed E-state index contributed by atoms with van der Waals surface area (Å²) in [6, 6.07) is 0.282. The highest BCUT2D eigenvalue weighted by Gasteiger charge is 2.32. The van der Waals surface area contributed by atoms with E-state index in [1.165, 1.54) is 11.8 Å². The number of rotatable bonds is 5. The molecule has 0 heterocycles. The second kappa shape index (κ2) is 5.11. The third-order valence-electron chi connectivity index (χ3n) is 2.56. The van der Waals surface area contributed by atoms with Gasteiger partial charge < -0.3 is 14.9 Å². The summed E-state index contributed by atoms with van der Waals surface area (Å²) >= 11 is 0. The minimum absolute atomic E-state index is 0.0218. The van der Waals surface area contributed by atoms with Crippen LogP contribution in [0.15, 0.2) is 0 Å². The van der Waals surface area contributed by atoms with Gasteiger partial charge in [0.1, 0.15) is 0 Å². The molecule has 1 fully saturated rings. The zero-order valence-corrected chi connectivity index (χ0v) is 9.27. The zero-order chi connectivity index (χ0) is 11.4. The van der Waals surface area contributed by atoms with E-state index in [1.807, 2.05) is 0 Å². The Balaban J connectivity index is 2.45. The molecule has 0 aliphatic heterocycles. The molecule has 1 aliphatic rings. The molecule has 1 rings (SSSR count). The maximum Gasteiger partial charge on any atom is 0.242 e. The minimum atomic E-state index is -0.122. The van der Waals surface area contributed by atoms with Gasteiger partial charge in [0.15, 0.2) is 0 Å². The van der Waals surface area contributed by atoms with E-state index in [9.17, 15) is 9.59 Å². The van der Waals surface area contributed by atoms with Crippen molar-refractivity contribution in [3.63, 3.8) is 0 Å². The van der Waals surface area contributed by atoms with Gasteiger partial charge in [-0.25, -0.2) is 0 Å². The molecule has 0 aromatic heterocycles. The number of aliphatic hydroxyl groups excluding tert-OH is 1. The molecule has 0 radical (unpaired) electrons. The molecule has 0 saturated heterocycles. The van der Waals surface area contributed by atoms with E-state index in [-0.39, 0.29) is 31.0 Å². The van der Waals surface area contributed by atoms with E-state index >= 15 is 0 Å². The Labute approximate surface area is 89.7 Å². The summed E-state index contributed by atoms with van der Waals surface area (Å²) in [4.78, 5) is 25.8. The van der Waals surface area contributed by atoms with Gasteiger partial charge in [-0.05, 0) is 12.8 Å².